The van der Waals surface area contributed by atoms with E-state index in [2.05, 4.69) is 60.2 Å². The molecule has 0 saturated carbocycles. The van der Waals surface area contributed by atoms with Crippen LogP contribution >= 0.6 is 69.6 Å². The zero-order valence-corrected chi connectivity index (χ0v) is 45.9. The Kier molecular flexibility index (Phi) is 22.5. The highest BCUT2D eigenvalue weighted by Crippen LogP contribution is 2.34. The van der Waals surface area contributed by atoms with Crippen molar-refractivity contribution >= 4 is 140 Å². The van der Waals surface area contributed by atoms with Crippen molar-refractivity contribution in [3.63, 3.8) is 0 Å². The first-order valence-electron chi connectivity index (χ1n) is 22.6. The molecule has 0 N–H and O–H groups in total. The van der Waals surface area contributed by atoms with Crippen molar-refractivity contribution in [3.05, 3.63) is 235 Å². The highest BCUT2D eigenvalue weighted by atomic mass is 35.5. The topological polar surface area (TPSA) is 450 Å². The fourth-order valence-electron chi connectivity index (χ4n) is 7.05. The maximum atomic E-state index is 14.8. The van der Waals surface area contributed by atoms with Gasteiger partial charge in [0, 0.05) is 63.6 Å². The third-order valence-corrected chi connectivity index (χ3v) is 12.7. The molecule has 422 valence electrons. The molecule has 0 aliphatic heterocycles. The van der Waals surface area contributed by atoms with E-state index < -0.39 is 127 Å². The van der Waals surface area contributed by atoms with E-state index in [0.717, 1.165) is 97.1 Å². The van der Waals surface area contributed by atoms with Crippen LogP contribution in [0, 0.1) is 0 Å². The van der Waals surface area contributed by atoms with Gasteiger partial charge in [0.25, 0.3) is 0 Å². The number of hydrogen-bond acceptors (Lipinski definition) is 18. The van der Waals surface area contributed by atoms with Gasteiger partial charge in [-0.3, -0.25) is 0 Å². The van der Waals surface area contributed by atoms with Crippen molar-refractivity contribution in [1.82, 2.24) is 0 Å². The summed E-state index contributed by atoms with van der Waals surface area (Å²) in [5, 5.41) is 18.1. The van der Waals surface area contributed by atoms with E-state index in [-0.39, 0.29) is 44.2 Å². The van der Waals surface area contributed by atoms with Gasteiger partial charge in [-0.1, -0.05) is 137 Å². The molecule has 4 atom stereocenters. The van der Waals surface area contributed by atoms with Crippen LogP contribution in [0.2, 0.25) is 30.1 Å². The predicted octanol–water partition coefficient (Wildman–Crippen LogP) is 17.2. The van der Waals surface area contributed by atoms with E-state index in [1.807, 2.05) is 0 Å². The molecule has 0 spiro atoms. The van der Waals surface area contributed by atoms with Crippen molar-refractivity contribution in [2.75, 3.05) is 13.2 Å². The van der Waals surface area contributed by atoms with Crippen molar-refractivity contribution in [2.24, 2.45) is 30.7 Å². The minimum Gasteiger partial charge on any atom is -0.458 e. The normalized spacial score (nSPS) is 11.6. The van der Waals surface area contributed by atoms with E-state index in [0.29, 0.717) is 0 Å². The molecule has 36 heteroatoms. The van der Waals surface area contributed by atoms with Gasteiger partial charge in [0.05, 0.1) is 63.5 Å². The second-order valence-corrected chi connectivity index (χ2v) is 18.4. The Morgan fingerprint density at radius 2 is 0.512 bits per heavy atom. The van der Waals surface area contributed by atoms with Crippen LogP contribution in [0.3, 0.4) is 0 Å². The smallest absolute Gasteiger partial charge is 0.340 e. The molecule has 0 fully saturated rings. The van der Waals surface area contributed by atoms with Crippen LogP contribution in [0.1, 0.15) is 62.1 Å². The fourth-order valence-corrected chi connectivity index (χ4v) is 8.56. The number of nitrogens with zero attached hydrogens (tertiary/aromatic N) is 18. The number of halogens is 6. The van der Waals surface area contributed by atoms with Gasteiger partial charge < -0.3 is 28.4 Å². The summed E-state index contributed by atoms with van der Waals surface area (Å²) in [6.45, 7) is -2.57. The second kappa shape index (κ2) is 30.0. The molecule has 0 bridgehead atoms. The Labute approximate surface area is 497 Å². The van der Waals surface area contributed by atoms with Gasteiger partial charge in [-0.15, -0.1) is 0 Å². The number of azide groups is 6. The molecule has 84 heavy (non-hydrogen) atoms. The van der Waals surface area contributed by atoms with Crippen LogP contribution in [0.15, 0.2) is 140 Å². The first kappa shape index (κ1) is 62.9. The second-order valence-electron chi connectivity index (χ2n) is 15.9. The summed E-state index contributed by atoms with van der Waals surface area (Å²) in [7, 11) is 0. The molecule has 6 aromatic carbocycles. The first-order valence-corrected chi connectivity index (χ1v) is 24.9. The van der Waals surface area contributed by atoms with E-state index in [1.165, 1.54) is 12.1 Å². The zero-order valence-electron chi connectivity index (χ0n) is 41.3. The monoisotopic (exact) mass is 1260 g/mol. The number of hydrogen-bond donors (Lipinski definition) is 0. The van der Waals surface area contributed by atoms with Crippen molar-refractivity contribution < 1.29 is 57.2 Å². The van der Waals surface area contributed by atoms with Gasteiger partial charge in [0.2, 0.25) is 0 Å². The molecule has 0 aromatic heterocycles. The quantitative estimate of drug-likeness (QED) is 0.0190. The maximum absolute atomic E-state index is 14.8. The molecule has 0 aliphatic carbocycles. The fraction of sp³-hybridized carbons (Fsp3) is 0.125. The SMILES string of the molecule is [N-]=[N+]=Nc1ccc(C(=O)OCC(OC(=O)c2ccc(N=[N+]=[N-])cc2Cl)C(OC(=O)c2ccc(N=[N+]=[N-])cc2Cl)C(OC(=O)c2ccc(N=[N+]=[N-])cc2Cl)C(COC(=O)c2ccc(N=[N+]=[N-])cc2Cl)OC(=O)c2ccc(N=[N+]=[N-])cc2Cl)c(Cl)c1. The largest absolute Gasteiger partial charge is 0.458 e. The molecule has 4 unspecified atom stereocenters. The van der Waals surface area contributed by atoms with Crippen LogP contribution in [0.5, 0.6) is 0 Å². The number of carbonyl (C=O) groups is 6. The van der Waals surface area contributed by atoms with Crippen molar-refractivity contribution in [2.45, 2.75) is 24.4 Å². The van der Waals surface area contributed by atoms with Crippen LogP contribution in [0.4, 0.5) is 34.1 Å². The average molecular weight is 1260 g/mol. The number of rotatable bonds is 23. The number of benzene rings is 6. The lowest BCUT2D eigenvalue weighted by atomic mass is 10.0. The predicted molar refractivity (Wildman–Crippen MR) is 299 cm³/mol. The molecule has 0 heterocycles. The highest BCUT2D eigenvalue weighted by molar-refractivity contribution is 6.36. The number of esters is 6. The van der Waals surface area contributed by atoms with E-state index in [4.69, 9.17) is 131 Å². The third-order valence-electron chi connectivity index (χ3n) is 10.8. The molecule has 6 aromatic rings. The minimum atomic E-state index is -2.57. The maximum Gasteiger partial charge on any atom is 0.340 e. The van der Waals surface area contributed by atoms with Gasteiger partial charge in [0.15, 0.2) is 24.4 Å². The molecule has 0 amide bonds. The standard InChI is InChI=1S/C48H26Cl6N18O12/c49-33-13-21(61-67-55)1-7-27(33)43(73)79-19-39(81-45(75)29-9-3-23(63-69-57)15-35(29)51)41(83-47(77)31-11-5-25(65-71-59)17-37(31)53)42(84-48(78)32-12-6-26(66-72-60)18-38(32)54)40(82-46(76)30-10-4-24(64-70-58)16-36(30)52)20-80-44(74)28-8-2-22(62-68-56)14-34(28)50/h1-18,39-42H,19-20H2. The molecular formula is C48H26Cl6N18O12. The van der Waals surface area contributed by atoms with E-state index in [1.54, 1.807) is 0 Å². The number of ether oxygens (including phenoxy) is 6. The Morgan fingerprint density at radius 1 is 0.321 bits per heavy atom. The minimum absolute atomic E-state index is 0.0499. The van der Waals surface area contributed by atoms with Gasteiger partial charge in [-0.05, 0) is 106 Å². The van der Waals surface area contributed by atoms with Crippen molar-refractivity contribution in [3.8, 4) is 0 Å². The third kappa shape index (κ3) is 16.4. The molecule has 6 rings (SSSR count). The molecule has 30 nitrogen and oxygen atoms in total. The molecule has 0 radical (unpaired) electrons. The van der Waals surface area contributed by atoms with Crippen molar-refractivity contribution in [1.29, 1.82) is 0 Å². The van der Waals surface area contributed by atoms with Crippen LogP contribution < -0.4 is 0 Å². The van der Waals surface area contributed by atoms with Crippen LogP contribution in [-0.2, 0) is 28.4 Å². The summed E-state index contributed by atoms with van der Waals surface area (Å²) in [6, 6.07) is 19.3. The summed E-state index contributed by atoms with van der Waals surface area (Å²) >= 11 is 38.8. The lowest BCUT2D eigenvalue weighted by molar-refractivity contribution is -0.138. The molecule has 0 aliphatic rings. The van der Waals surface area contributed by atoms with Gasteiger partial charge in [0.1, 0.15) is 13.2 Å². The van der Waals surface area contributed by atoms with Gasteiger partial charge in [-0.25, -0.2) is 28.8 Å². The van der Waals surface area contributed by atoms with Crippen LogP contribution in [-0.4, -0.2) is 73.4 Å². The summed E-state index contributed by atoms with van der Waals surface area (Å²) in [5.41, 5.74) is 50.8. The Hall–Kier alpha value is -10.3. The van der Waals surface area contributed by atoms with Gasteiger partial charge >= 0.3 is 35.8 Å². The van der Waals surface area contributed by atoms with Crippen LogP contribution in [0.25, 0.3) is 62.7 Å². The Bertz CT molecular complexity index is 3720. The lowest BCUT2D eigenvalue weighted by Crippen LogP contribution is -2.54. The highest BCUT2D eigenvalue weighted by Gasteiger charge is 2.47. The first-order chi connectivity index (χ1) is 40.3. The Balaban J connectivity index is 1.64. The molecular weight excluding hydrogens is 1230 g/mol. The molecule has 0 saturated heterocycles. The van der Waals surface area contributed by atoms with E-state index >= 15 is 0 Å². The summed E-state index contributed by atoms with van der Waals surface area (Å²) in [5.74, 6) is -8.55. The number of carbonyl (C=O) groups excluding carboxylic acids is 6. The average Bonchev–Trinajstić information content (AvgIpc) is 3.63. The summed E-state index contributed by atoms with van der Waals surface area (Å²) < 4.78 is 35.4. The van der Waals surface area contributed by atoms with E-state index in [9.17, 15) is 28.8 Å². The lowest BCUT2D eigenvalue weighted by Gasteiger charge is -2.36. The van der Waals surface area contributed by atoms with Gasteiger partial charge in [-0.2, -0.15) is 0 Å². The Morgan fingerprint density at radius 3 is 0.702 bits per heavy atom. The summed E-state index contributed by atoms with van der Waals surface area (Å²) in [4.78, 5) is 103. The summed E-state index contributed by atoms with van der Waals surface area (Å²) in [6.07, 6.45) is -9.90. The zero-order chi connectivity index (χ0) is 61.0.